The summed E-state index contributed by atoms with van der Waals surface area (Å²) in [6.45, 7) is 3.87. The van der Waals surface area contributed by atoms with Gasteiger partial charge in [0.15, 0.2) is 0 Å². The molecule has 0 unspecified atom stereocenters. The number of anilines is 1. The summed E-state index contributed by atoms with van der Waals surface area (Å²) in [7, 11) is 0. The fraction of sp³-hybridized carbons (Fsp3) is 0.632. The fourth-order valence-corrected chi connectivity index (χ4v) is 3.41. The normalized spacial score (nSPS) is 21.1. The van der Waals surface area contributed by atoms with Crippen molar-refractivity contribution in [2.45, 2.75) is 57.7 Å². The number of benzene rings is 1. The summed E-state index contributed by atoms with van der Waals surface area (Å²) in [5.74, 6) is 0.848. The molecule has 2 aliphatic rings. The van der Waals surface area contributed by atoms with E-state index in [1.807, 2.05) is 25.1 Å². The highest BCUT2D eigenvalue weighted by molar-refractivity contribution is 5.93. The van der Waals surface area contributed by atoms with Gasteiger partial charge in [0.05, 0.1) is 18.8 Å². The molecule has 1 aliphatic heterocycles. The van der Waals surface area contributed by atoms with Crippen LogP contribution in [0.15, 0.2) is 18.2 Å². The summed E-state index contributed by atoms with van der Waals surface area (Å²) >= 11 is 0. The van der Waals surface area contributed by atoms with Crippen molar-refractivity contribution in [3.05, 3.63) is 23.8 Å². The topological polar surface area (TPSA) is 59.6 Å². The van der Waals surface area contributed by atoms with Gasteiger partial charge in [0.1, 0.15) is 5.75 Å². The summed E-state index contributed by atoms with van der Waals surface area (Å²) in [5, 5.41) is 6.15. The number of hydrogen-bond acceptors (Lipinski definition) is 4. The van der Waals surface area contributed by atoms with E-state index in [9.17, 15) is 4.79 Å². The molecular formula is C19H28N2O3. The van der Waals surface area contributed by atoms with Crippen molar-refractivity contribution in [1.29, 1.82) is 0 Å². The monoisotopic (exact) mass is 332 g/mol. The molecule has 2 fully saturated rings. The third-order valence-electron chi connectivity index (χ3n) is 4.84. The summed E-state index contributed by atoms with van der Waals surface area (Å²) in [6, 6.07) is 5.85. The van der Waals surface area contributed by atoms with Gasteiger partial charge in [-0.3, -0.25) is 4.79 Å². The third kappa shape index (κ3) is 4.71. The average Bonchev–Trinajstić information content (AvgIpc) is 3.25. The maximum Gasteiger partial charge on any atom is 0.238 e. The summed E-state index contributed by atoms with van der Waals surface area (Å²) in [5.41, 5.74) is 1.83. The van der Waals surface area contributed by atoms with E-state index in [0.29, 0.717) is 12.6 Å². The highest BCUT2D eigenvalue weighted by Crippen LogP contribution is 2.30. The minimum atomic E-state index is -0.0332. The lowest BCUT2D eigenvalue weighted by Crippen LogP contribution is -2.33. The largest absolute Gasteiger partial charge is 0.490 e. The molecule has 0 aromatic heterocycles. The maximum absolute atomic E-state index is 12.1. The SMILES string of the molecule is Cc1c(NC(=O)CNC[C@H]2CCCO2)cccc1OC1CCCC1. The van der Waals surface area contributed by atoms with E-state index in [4.69, 9.17) is 9.47 Å². The van der Waals surface area contributed by atoms with Gasteiger partial charge in [0.2, 0.25) is 5.91 Å². The molecule has 1 atom stereocenters. The molecule has 0 spiro atoms. The van der Waals surface area contributed by atoms with Crippen molar-refractivity contribution < 1.29 is 14.3 Å². The molecule has 3 rings (SSSR count). The third-order valence-corrected chi connectivity index (χ3v) is 4.84. The summed E-state index contributed by atoms with van der Waals surface area (Å²) < 4.78 is 11.6. The van der Waals surface area contributed by atoms with Gasteiger partial charge in [0, 0.05) is 24.4 Å². The lowest BCUT2D eigenvalue weighted by molar-refractivity contribution is -0.115. The van der Waals surface area contributed by atoms with Crippen LogP contribution in [0.2, 0.25) is 0 Å². The van der Waals surface area contributed by atoms with E-state index in [1.165, 1.54) is 12.8 Å². The molecule has 24 heavy (non-hydrogen) atoms. The minimum absolute atomic E-state index is 0.0332. The highest BCUT2D eigenvalue weighted by atomic mass is 16.5. The minimum Gasteiger partial charge on any atom is -0.490 e. The molecule has 1 heterocycles. The van der Waals surface area contributed by atoms with Gasteiger partial charge in [-0.25, -0.2) is 0 Å². The summed E-state index contributed by atoms with van der Waals surface area (Å²) in [6.07, 6.45) is 7.52. The van der Waals surface area contributed by atoms with Crippen molar-refractivity contribution >= 4 is 11.6 Å². The number of carbonyl (C=O) groups excluding carboxylic acids is 1. The van der Waals surface area contributed by atoms with Crippen LogP contribution in [0.5, 0.6) is 5.75 Å². The van der Waals surface area contributed by atoms with E-state index in [2.05, 4.69) is 10.6 Å². The number of amides is 1. The Kier molecular flexibility index (Phi) is 6.10. The van der Waals surface area contributed by atoms with Crippen molar-refractivity contribution in [3.63, 3.8) is 0 Å². The zero-order valence-corrected chi connectivity index (χ0v) is 14.5. The van der Waals surface area contributed by atoms with Gasteiger partial charge >= 0.3 is 0 Å². The molecule has 1 aromatic carbocycles. The lowest BCUT2D eigenvalue weighted by Gasteiger charge is -2.17. The fourth-order valence-electron chi connectivity index (χ4n) is 3.41. The van der Waals surface area contributed by atoms with Crippen LogP contribution in [0, 0.1) is 6.92 Å². The van der Waals surface area contributed by atoms with Crippen LogP contribution in [0.4, 0.5) is 5.69 Å². The molecule has 1 saturated carbocycles. The number of hydrogen-bond donors (Lipinski definition) is 2. The first-order valence-corrected chi connectivity index (χ1v) is 9.11. The number of carbonyl (C=O) groups is 1. The van der Waals surface area contributed by atoms with Crippen LogP contribution in [0.3, 0.4) is 0 Å². The molecule has 0 radical (unpaired) electrons. The zero-order chi connectivity index (χ0) is 16.8. The van der Waals surface area contributed by atoms with Gasteiger partial charge in [-0.15, -0.1) is 0 Å². The van der Waals surface area contributed by atoms with Crippen LogP contribution in [0.1, 0.15) is 44.1 Å². The second-order valence-corrected chi connectivity index (χ2v) is 6.77. The number of ether oxygens (including phenoxy) is 2. The van der Waals surface area contributed by atoms with Crippen molar-refractivity contribution in [1.82, 2.24) is 5.32 Å². The Morgan fingerprint density at radius 1 is 1.25 bits per heavy atom. The molecule has 1 aromatic rings. The van der Waals surface area contributed by atoms with E-state index in [1.54, 1.807) is 0 Å². The Balaban J connectivity index is 1.49. The van der Waals surface area contributed by atoms with Gasteiger partial charge in [-0.2, -0.15) is 0 Å². The summed E-state index contributed by atoms with van der Waals surface area (Å²) in [4.78, 5) is 12.1. The maximum atomic E-state index is 12.1. The Bertz CT molecular complexity index is 550. The van der Waals surface area contributed by atoms with Crippen LogP contribution < -0.4 is 15.4 Å². The molecule has 1 saturated heterocycles. The van der Waals surface area contributed by atoms with Crippen LogP contribution >= 0.6 is 0 Å². The Labute approximate surface area is 144 Å². The quantitative estimate of drug-likeness (QED) is 0.806. The van der Waals surface area contributed by atoms with Gasteiger partial charge in [-0.1, -0.05) is 6.07 Å². The second-order valence-electron chi connectivity index (χ2n) is 6.77. The Hall–Kier alpha value is -1.59. The molecular weight excluding hydrogens is 304 g/mol. The first kappa shape index (κ1) is 17.2. The standard InChI is InChI=1S/C19H28N2O3/c1-14-17(9-4-10-18(14)24-15-6-2-3-7-15)21-19(22)13-20-12-16-8-5-11-23-16/h4,9-10,15-16,20H,2-3,5-8,11-13H2,1H3,(H,21,22)/t16-/m1/s1. The molecule has 5 heteroatoms. The highest BCUT2D eigenvalue weighted by Gasteiger charge is 2.18. The van der Waals surface area contributed by atoms with Gasteiger partial charge in [0.25, 0.3) is 0 Å². The number of rotatable bonds is 7. The smallest absolute Gasteiger partial charge is 0.238 e. The van der Waals surface area contributed by atoms with E-state index in [0.717, 1.165) is 55.8 Å². The van der Waals surface area contributed by atoms with Gasteiger partial charge < -0.3 is 20.1 Å². The Morgan fingerprint density at radius 2 is 2.08 bits per heavy atom. The predicted octanol–water partition coefficient (Wildman–Crippen LogP) is 3.02. The molecule has 1 amide bonds. The van der Waals surface area contributed by atoms with Crippen molar-refractivity contribution in [2.75, 3.05) is 25.0 Å². The molecule has 5 nitrogen and oxygen atoms in total. The molecule has 2 N–H and O–H groups in total. The second kappa shape index (κ2) is 8.49. The molecule has 0 bridgehead atoms. The van der Waals surface area contributed by atoms with Crippen LogP contribution in [0.25, 0.3) is 0 Å². The average molecular weight is 332 g/mol. The van der Waals surface area contributed by atoms with Gasteiger partial charge in [-0.05, 0) is 57.6 Å². The van der Waals surface area contributed by atoms with Crippen molar-refractivity contribution in [2.24, 2.45) is 0 Å². The lowest BCUT2D eigenvalue weighted by atomic mass is 10.1. The number of nitrogens with one attached hydrogen (secondary N) is 2. The molecule has 132 valence electrons. The Morgan fingerprint density at radius 3 is 2.83 bits per heavy atom. The zero-order valence-electron chi connectivity index (χ0n) is 14.5. The van der Waals surface area contributed by atoms with Crippen LogP contribution in [-0.2, 0) is 9.53 Å². The molecule has 1 aliphatic carbocycles. The van der Waals surface area contributed by atoms with E-state index >= 15 is 0 Å². The van der Waals surface area contributed by atoms with Crippen molar-refractivity contribution in [3.8, 4) is 5.75 Å². The van der Waals surface area contributed by atoms with E-state index in [-0.39, 0.29) is 12.0 Å². The first-order valence-electron chi connectivity index (χ1n) is 9.11. The van der Waals surface area contributed by atoms with Crippen LogP contribution in [-0.4, -0.2) is 37.8 Å². The van der Waals surface area contributed by atoms with E-state index < -0.39 is 0 Å². The predicted molar refractivity (Wildman–Crippen MR) is 94.5 cm³/mol. The first-order chi connectivity index (χ1) is 11.7.